The molecule has 0 spiro atoms. The predicted octanol–water partition coefficient (Wildman–Crippen LogP) is 1.61. The fourth-order valence-electron chi connectivity index (χ4n) is 3.41. The number of β-amino-alcohol motifs (C(OH)–C–C–N with tert-alkyl or cyclic N) is 1. The van der Waals surface area contributed by atoms with Gasteiger partial charge >= 0.3 is 0 Å². The number of aliphatic hydroxyl groups excluding tert-OH is 1. The molecule has 0 saturated carbocycles. The van der Waals surface area contributed by atoms with E-state index < -0.39 is 0 Å². The lowest BCUT2D eigenvalue weighted by molar-refractivity contribution is 0.154. The highest BCUT2D eigenvalue weighted by Gasteiger charge is 2.24. The molecule has 2 heterocycles. The molecule has 7 nitrogen and oxygen atoms in total. The first kappa shape index (κ1) is 18.2. The van der Waals surface area contributed by atoms with Gasteiger partial charge in [-0.25, -0.2) is 0 Å². The molecular formula is C19H25N5O2. The summed E-state index contributed by atoms with van der Waals surface area (Å²) in [4.78, 5) is 4.16. The lowest BCUT2D eigenvalue weighted by Crippen LogP contribution is -2.46. The van der Waals surface area contributed by atoms with Crippen molar-refractivity contribution < 1.29 is 10.2 Å². The maximum Gasteiger partial charge on any atom is 0.171 e. The number of azo groups is 1. The maximum absolute atomic E-state index is 10.2. The summed E-state index contributed by atoms with van der Waals surface area (Å²) in [7, 11) is 1.90. The number of aromatic hydroxyl groups is 1. The minimum atomic E-state index is -0.385. The zero-order valence-electron chi connectivity index (χ0n) is 15.0. The van der Waals surface area contributed by atoms with Crippen LogP contribution in [0.5, 0.6) is 5.75 Å². The summed E-state index contributed by atoms with van der Waals surface area (Å²) in [5.74, 6) is 3.33. The Morgan fingerprint density at radius 2 is 2.27 bits per heavy atom. The van der Waals surface area contributed by atoms with E-state index in [0.29, 0.717) is 23.5 Å². The largest absolute Gasteiger partial charge is 0.507 e. The van der Waals surface area contributed by atoms with Crippen molar-refractivity contribution in [2.24, 2.45) is 10.2 Å². The minimum Gasteiger partial charge on any atom is -0.507 e. The van der Waals surface area contributed by atoms with Crippen molar-refractivity contribution in [1.29, 1.82) is 0 Å². The van der Waals surface area contributed by atoms with Crippen LogP contribution in [0.15, 0.2) is 40.4 Å². The van der Waals surface area contributed by atoms with Crippen molar-refractivity contribution in [3.05, 3.63) is 41.3 Å². The van der Waals surface area contributed by atoms with Gasteiger partial charge in [0.2, 0.25) is 0 Å². The highest BCUT2D eigenvalue weighted by molar-refractivity contribution is 5.44. The van der Waals surface area contributed by atoms with Crippen LogP contribution in [0.25, 0.3) is 0 Å². The van der Waals surface area contributed by atoms with Crippen LogP contribution < -0.4 is 5.32 Å². The number of terminal acetylenes is 1. The summed E-state index contributed by atoms with van der Waals surface area (Å²) >= 11 is 0. The van der Waals surface area contributed by atoms with Crippen molar-refractivity contribution in [1.82, 2.24) is 15.1 Å². The number of phenols is 1. The zero-order valence-corrected chi connectivity index (χ0v) is 15.0. The quantitative estimate of drug-likeness (QED) is 0.699. The van der Waals surface area contributed by atoms with Crippen LogP contribution in [0, 0.1) is 12.3 Å². The number of aliphatic hydroxyl groups is 1. The van der Waals surface area contributed by atoms with E-state index in [0.717, 1.165) is 25.9 Å². The van der Waals surface area contributed by atoms with E-state index in [2.05, 4.69) is 26.4 Å². The second-order valence-electron chi connectivity index (χ2n) is 6.69. The predicted molar refractivity (Wildman–Crippen MR) is 99.2 cm³/mol. The number of nitrogens with one attached hydrogen (secondary N) is 1. The van der Waals surface area contributed by atoms with Gasteiger partial charge in [-0.2, -0.15) is 5.11 Å². The Kier molecular flexibility index (Phi) is 5.76. The number of rotatable bonds is 5. The smallest absolute Gasteiger partial charge is 0.171 e. The van der Waals surface area contributed by atoms with E-state index >= 15 is 0 Å². The monoisotopic (exact) mass is 355 g/mol. The Morgan fingerprint density at radius 1 is 1.42 bits per heavy atom. The topological polar surface area (TPSA) is 83.7 Å². The van der Waals surface area contributed by atoms with E-state index in [4.69, 9.17) is 11.5 Å². The van der Waals surface area contributed by atoms with Gasteiger partial charge in [0.05, 0.1) is 6.61 Å². The number of hydrogen-bond acceptors (Lipinski definition) is 7. The summed E-state index contributed by atoms with van der Waals surface area (Å²) in [6, 6.07) is 5.42. The minimum absolute atomic E-state index is 0.119. The molecule has 1 fully saturated rings. The molecule has 138 valence electrons. The van der Waals surface area contributed by atoms with Gasteiger partial charge in [-0.15, -0.1) is 11.5 Å². The molecule has 2 aliphatic heterocycles. The molecule has 1 aromatic carbocycles. The van der Waals surface area contributed by atoms with E-state index in [1.807, 2.05) is 18.1 Å². The lowest BCUT2D eigenvalue weighted by atomic mass is 10.1. The number of benzene rings is 1. The van der Waals surface area contributed by atoms with Crippen LogP contribution in [-0.4, -0.2) is 59.3 Å². The number of piperidine rings is 1. The molecule has 1 saturated heterocycles. The average Bonchev–Trinajstić information content (AvgIpc) is 2.63. The van der Waals surface area contributed by atoms with Crippen molar-refractivity contribution in [2.45, 2.75) is 25.0 Å². The second-order valence-corrected chi connectivity index (χ2v) is 6.69. The number of likely N-dealkylation sites (tertiary alicyclic amines) is 1. The van der Waals surface area contributed by atoms with Gasteiger partial charge < -0.3 is 20.4 Å². The zero-order chi connectivity index (χ0) is 18.5. The molecule has 1 unspecified atom stereocenters. The molecule has 0 amide bonds. The Morgan fingerprint density at radius 3 is 2.96 bits per heavy atom. The van der Waals surface area contributed by atoms with Crippen LogP contribution in [0.3, 0.4) is 0 Å². The normalized spacial score (nSPS) is 23.4. The van der Waals surface area contributed by atoms with Crippen LogP contribution in [0.2, 0.25) is 0 Å². The number of nitrogens with zero attached hydrogens (tertiary/aromatic N) is 4. The van der Waals surface area contributed by atoms with Crippen molar-refractivity contribution in [2.75, 3.05) is 33.3 Å². The fraction of sp³-hybridized carbons (Fsp3) is 0.474. The van der Waals surface area contributed by atoms with Crippen molar-refractivity contribution in [3.63, 3.8) is 0 Å². The fourth-order valence-corrected chi connectivity index (χ4v) is 3.41. The molecule has 0 aliphatic carbocycles. The molecule has 2 atom stereocenters. The van der Waals surface area contributed by atoms with E-state index in [1.54, 1.807) is 18.2 Å². The standard InChI is InChI=1S/C19H25N5O2/c1-3-14-6-7-16(17(26)11-14)19-22-21-18(13-23(19)2)20-15-5-4-8-24(12-15)9-10-25/h1,6-7,11,13,15,19-20,25-26H,4-5,8-10,12H2,2H3/t15?,19-/m0/s1. The summed E-state index contributed by atoms with van der Waals surface area (Å²) in [6.45, 7) is 2.79. The van der Waals surface area contributed by atoms with Gasteiger partial charge in [0, 0.05) is 43.5 Å². The highest BCUT2D eigenvalue weighted by atomic mass is 16.3. The second kappa shape index (κ2) is 8.21. The van der Waals surface area contributed by atoms with Gasteiger partial charge in [0.15, 0.2) is 12.0 Å². The van der Waals surface area contributed by atoms with E-state index in [1.165, 1.54) is 0 Å². The van der Waals surface area contributed by atoms with Crippen LogP contribution >= 0.6 is 0 Å². The Hall–Kier alpha value is -2.56. The third kappa shape index (κ3) is 4.15. The molecule has 0 bridgehead atoms. The summed E-state index contributed by atoms with van der Waals surface area (Å²) in [5.41, 5.74) is 1.29. The van der Waals surface area contributed by atoms with E-state index in [-0.39, 0.29) is 24.6 Å². The Labute approximate surface area is 154 Å². The van der Waals surface area contributed by atoms with Gasteiger partial charge in [-0.3, -0.25) is 4.90 Å². The number of hydrogen-bond donors (Lipinski definition) is 3. The molecule has 7 heteroatoms. The molecule has 3 rings (SSSR count). The summed E-state index contributed by atoms with van der Waals surface area (Å²) < 4.78 is 0. The summed E-state index contributed by atoms with van der Waals surface area (Å²) in [6.07, 6.45) is 9.04. The molecule has 2 aliphatic rings. The van der Waals surface area contributed by atoms with Gasteiger partial charge in [0.25, 0.3) is 0 Å². The van der Waals surface area contributed by atoms with Crippen molar-refractivity contribution in [3.8, 4) is 18.1 Å². The molecule has 1 aromatic rings. The van der Waals surface area contributed by atoms with Crippen LogP contribution in [0.1, 0.15) is 30.1 Å². The molecule has 0 aromatic heterocycles. The first-order valence-corrected chi connectivity index (χ1v) is 8.84. The molecule has 26 heavy (non-hydrogen) atoms. The molecular weight excluding hydrogens is 330 g/mol. The Bertz CT molecular complexity index is 738. The molecule has 3 N–H and O–H groups in total. The molecule has 0 radical (unpaired) electrons. The van der Waals surface area contributed by atoms with Gasteiger partial charge in [-0.1, -0.05) is 5.92 Å². The SMILES string of the molecule is C#Cc1ccc([C@H]2N=NC(NC3CCCN(CCO)C3)=CN2C)c(O)c1. The van der Waals surface area contributed by atoms with Crippen LogP contribution in [-0.2, 0) is 0 Å². The first-order valence-electron chi connectivity index (χ1n) is 8.84. The average molecular weight is 355 g/mol. The first-order chi connectivity index (χ1) is 12.6. The highest BCUT2D eigenvalue weighted by Crippen LogP contribution is 2.32. The van der Waals surface area contributed by atoms with Crippen LogP contribution in [0.4, 0.5) is 0 Å². The third-order valence-electron chi connectivity index (χ3n) is 4.74. The summed E-state index contributed by atoms with van der Waals surface area (Å²) in [5, 5.41) is 31.4. The third-order valence-corrected chi connectivity index (χ3v) is 4.74. The van der Waals surface area contributed by atoms with Gasteiger partial charge in [0.1, 0.15) is 5.75 Å². The number of phenolic OH excluding ortho intramolecular Hbond substituents is 1. The van der Waals surface area contributed by atoms with Gasteiger partial charge in [-0.05, 0) is 37.6 Å². The maximum atomic E-state index is 10.2. The lowest BCUT2D eigenvalue weighted by Gasteiger charge is -2.34. The van der Waals surface area contributed by atoms with Crippen molar-refractivity contribution >= 4 is 0 Å². The van der Waals surface area contributed by atoms with E-state index in [9.17, 15) is 5.11 Å². The Balaban J connectivity index is 1.65.